The maximum Gasteiger partial charge on any atom is 0.0413 e. The molecular weight excluding hydrogens is 314 g/mol. The highest BCUT2D eigenvalue weighted by Gasteiger charge is 2.22. The van der Waals surface area contributed by atoms with Crippen LogP contribution in [0.3, 0.4) is 0 Å². The Hall–Kier alpha value is -2.80. The second-order valence-corrected chi connectivity index (χ2v) is 7.21. The van der Waals surface area contributed by atoms with Gasteiger partial charge in [0, 0.05) is 18.2 Å². The Labute approximate surface area is 156 Å². The number of benzene rings is 3. The summed E-state index contributed by atoms with van der Waals surface area (Å²) in [5.74, 6) is 0.464. The molecule has 4 rings (SSSR count). The molecule has 1 unspecified atom stereocenters. The van der Waals surface area contributed by atoms with Gasteiger partial charge in [-0.1, -0.05) is 73.2 Å². The van der Waals surface area contributed by atoms with Gasteiger partial charge in [-0.25, -0.2) is 0 Å². The molecule has 0 aromatic heterocycles. The summed E-state index contributed by atoms with van der Waals surface area (Å²) in [6.45, 7) is 7.61. The van der Waals surface area contributed by atoms with Crippen LogP contribution in [-0.2, 0) is 6.54 Å². The Morgan fingerprint density at radius 3 is 2.31 bits per heavy atom. The smallest absolute Gasteiger partial charge is 0.0413 e. The van der Waals surface area contributed by atoms with Crippen LogP contribution in [0.2, 0.25) is 0 Å². The first kappa shape index (κ1) is 16.7. The van der Waals surface area contributed by atoms with Crippen molar-refractivity contribution in [3.05, 3.63) is 95.1 Å². The van der Waals surface area contributed by atoms with Gasteiger partial charge in [0.2, 0.25) is 0 Å². The van der Waals surface area contributed by atoms with Crippen LogP contribution in [0.1, 0.15) is 31.9 Å². The summed E-state index contributed by atoms with van der Waals surface area (Å²) >= 11 is 0. The molecule has 130 valence electrons. The molecule has 0 amide bonds. The lowest BCUT2D eigenvalue weighted by molar-refractivity contribution is 0.969. The minimum Gasteiger partial charge on any atom is -0.381 e. The molecule has 3 aromatic carbocycles. The molecule has 1 aliphatic carbocycles. The SMILES string of the molecule is CC1=CC(C)C(c2ccc3ccccc3c2CNc2ccccc2)=C1C. The van der Waals surface area contributed by atoms with Gasteiger partial charge < -0.3 is 5.32 Å². The summed E-state index contributed by atoms with van der Waals surface area (Å²) in [4.78, 5) is 0. The monoisotopic (exact) mass is 339 g/mol. The zero-order valence-electron chi connectivity index (χ0n) is 15.7. The van der Waals surface area contributed by atoms with Crippen molar-refractivity contribution in [1.29, 1.82) is 0 Å². The Bertz CT molecular complexity index is 1010. The summed E-state index contributed by atoms with van der Waals surface area (Å²) < 4.78 is 0. The second-order valence-electron chi connectivity index (χ2n) is 7.21. The number of allylic oxidation sites excluding steroid dienone is 4. The van der Waals surface area contributed by atoms with Crippen LogP contribution in [-0.4, -0.2) is 0 Å². The Kier molecular flexibility index (Phi) is 4.38. The lowest BCUT2D eigenvalue weighted by Gasteiger charge is -2.19. The van der Waals surface area contributed by atoms with E-state index in [0.717, 1.165) is 12.2 Å². The first-order valence-corrected chi connectivity index (χ1v) is 9.34. The number of hydrogen-bond donors (Lipinski definition) is 1. The van der Waals surface area contributed by atoms with E-state index in [9.17, 15) is 0 Å². The number of nitrogens with one attached hydrogen (secondary N) is 1. The molecule has 0 heterocycles. The highest BCUT2D eigenvalue weighted by Crippen LogP contribution is 2.40. The van der Waals surface area contributed by atoms with E-state index in [4.69, 9.17) is 0 Å². The third kappa shape index (κ3) is 2.94. The van der Waals surface area contributed by atoms with Gasteiger partial charge in [0.1, 0.15) is 0 Å². The molecule has 0 fully saturated rings. The molecule has 0 bridgehead atoms. The van der Waals surface area contributed by atoms with Crippen molar-refractivity contribution in [2.24, 2.45) is 5.92 Å². The second kappa shape index (κ2) is 6.84. The molecule has 1 atom stereocenters. The molecule has 0 saturated carbocycles. The van der Waals surface area contributed by atoms with E-state index in [1.165, 1.54) is 38.6 Å². The van der Waals surface area contributed by atoms with Gasteiger partial charge in [-0.15, -0.1) is 0 Å². The maximum atomic E-state index is 3.62. The topological polar surface area (TPSA) is 12.0 Å². The van der Waals surface area contributed by atoms with Crippen molar-refractivity contribution in [2.45, 2.75) is 27.3 Å². The summed E-state index contributed by atoms with van der Waals surface area (Å²) in [6, 6.07) is 23.7. The molecule has 0 radical (unpaired) electrons. The van der Waals surface area contributed by atoms with Crippen molar-refractivity contribution in [3.8, 4) is 0 Å². The molecule has 26 heavy (non-hydrogen) atoms. The van der Waals surface area contributed by atoms with Crippen molar-refractivity contribution < 1.29 is 0 Å². The minimum absolute atomic E-state index is 0.464. The van der Waals surface area contributed by atoms with E-state index >= 15 is 0 Å². The zero-order valence-corrected chi connectivity index (χ0v) is 15.7. The normalized spacial score (nSPS) is 16.9. The van der Waals surface area contributed by atoms with E-state index in [0.29, 0.717) is 5.92 Å². The van der Waals surface area contributed by atoms with E-state index in [1.807, 2.05) is 0 Å². The molecule has 0 spiro atoms. The fourth-order valence-corrected chi connectivity index (χ4v) is 4.11. The van der Waals surface area contributed by atoms with Crippen LogP contribution in [0.25, 0.3) is 16.3 Å². The molecule has 0 saturated heterocycles. The largest absolute Gasteiger partial charge is 0.381 e. The molecule has 1 nitrogen and oxygen atoms in total. The number of anilines is 1. The third-order valence-electron chi connectivity index (χ3n) is 5.52. The van der Waals surface area contributed by atoms with Gasteiger partial charge in [-0.3, -0.25) is 0 Å². The third-order valence-corrected chi connectivity index (χ3v) is 5.52. The van der Waals surface area contributed by atoms with E-state index in [2.05, 4.69) is 98.9 Å². The van der Waals surface area contributed by atoms with E-state index in [1.54, 1.807) is 0 Å². The van der Waals surface area contributed by atoms with Crippen LogP contribution >= 0.6 is 0 Å². The number of hydrogen-bond acceptors (Lipinski definition) is 1. The predicted molar refractivity (Wildman–Crippen MR) is 113 cm³/mol. The van der Waals surface area contributed by atoms with Crippen LogP contribution in [0, 0.1) is 5.92 Å². The number of fused-ring (bicyclic) bond motifs is 1. The van der Waals surface area contributed by atoms with Crippen LogP contribution in [0.5, 0.6) is 0 Å². The molecule has 3 aromatic rings. The number of rotatable bonds is 4. The minimum atomic E-state index is 0.464. The summed E-state index contributed by atoms with van der Waals surface area (Å²) in [7, 11) is 0. The van der Waals surface area contributed by atoms with Crippen molar-refractivity contribution >= 4 is 22.0 Å². The van der Waals surface area contributed by atoms with Gasteiger partial charge in [-0.2, -0.15) is 0 Å². The van der Waals surface area contributed by atoms with E-state index < -0.39 is 0 Å². The maximum absolute atomic E-state index is 3.62. The molecule has 0 aliphatic heterocycles. The highest BCUT2D eigenvalue weighted by molar-refractivity contribution is 5.92. The quantitative estimate of drug-likeness (QED) is 0.550. The van der Waals surface area contributed by atoms with Gasteiger partial charge >= 0.3 is 0 Å². The Morgan fingerprint density at radius 1 is 0.846 bits per heavy atom. The lowest BCUT2D eigenvalue weighted by Crippen LogP contribution is -2.06. The Morgan fingerprint density at radius 2 is 1.58 bits per heavy atom. The lowest BCUT2D eigenvalue weighted by atomic mass is 9.88. The molecule has 1 heteroatoms. The summed E-state index contributed by atoms with van der Waals surface area (Å²) in [5, 5.41) is 6.26. The van der Waals surface area contributed by atoms with Gasteiger partial charge in [-0.05, 0) is 59.0 Å². The zero-order chi connectivity index (χ0) is 18.1. The van der Waals surface area contributed by atoms with Gasteiger partial charge in [0.15, 0.2) is 0 Å². The fraction of sp³-hybridized carbons (Fsp3) is 0.200. The fourth-order valence-electron chi connectivity index (χ4n) is 4.11. The highest BCUT2D eigenvalue weighted by atomic mass is 14.9. The average Bonchev–Trinajstić information content (AvgIpc) is 2.92. The summed E-state index contributed by atoms with van der Waals surface area (Å²) in [5.41, 5.74) is 8.22. The first-order chi connectivity index (χ1) is 12.6. The van der Waals surface area contributed by atoms with Crippen LogP contribution in [0.15, 0.2) is 84.0 Å². The van der Waals surface area contributed by atoms with Gasteiger partial charge in [0.05, 0.1) is 0 Å². The van der Waals surface area contributed by atoms with Crippen LogP contribution < -0.4 is 5.32 Å². The predicted octanol–water partition coefficient (Wildman–Crippen LogP) is 6.82. The number of para-hydroxylation sites is 1. The van der Waals surface area contributed by atoms with E-state index in [-0.39, 0.29) is 0 Å². The Balaban J connectivity index is 1.83. The standard InChI is InChI=1S/C25H25N/c1-17-15-18(2)25(19(17)3)23-14-13-20-9-7-8-12-22(20)24(23)16-26-21-10-5-4-6-11-21/h4-15,18,26H,16H2,1-3H3. The average molecular weight is 339 g/mol. The molecule has 1 aliphatic rings. The summed E-state index contributed by atoms with van der Waals surface area (Å²) in [6.07, 6.45) is 2.38. The van der Waals surface area contributed by atoms with Crippen molar-refractivity contribution in [2.75, 3.05) is 5.32 Å². The van der Waals surface area contributed by atoms with Crippen LogP contribution in [0.4, 0.5) is 5.69 Å². The van der Waals surface area contributed by atoms with Gasteiger partial charge in [0.25, 0.3) is 0 Å². The molecule has 1 N–H and O–H groups in total. The van der Waals surface area contributed by atoms with Crippen molar-refractivity contribution in [3.63, 3.8) is 0 Å². The van der Waals surface area contributed by atoms with Crippen molar-refractivity contribution in [1.82, 2.24) is 0 Å². The molecular formula is C25H25N. The first-order valence-electron chi connectivity index (χ1n) is 9.34.